The van der Waals surface area contributed by atoms with Crippen LogP contribution in [0, 0.1) is 17.5 Å². The zero-order chi connectivity index (χ0) is 27.3. The quantitative estimate of drug-likeness (QED) is 0.364. The van der Waals surface area contributed by atoms with Crippen molar-refractivity contribution in [3.05, 3.63) is 92.5 Å². The van der Waals surface area contributed by atoms with Crippen LogP contribution in [0.15, 0.2) is 58.3 Å². The summed E-state index contributed by atoms with van der Waals surface area (Å²) in [4.78, 5) is 43.7. The van der Waals surface area contributed by atoms with Gasteiger partial charge in [0, 0.05) is 23.7 Å². The van der Waals surface area contributed by atoms with Gasteiger partial charge < -0.3 is 5.32 Å². The summed E-state index contributed by atoms with van der Waals surface area (Å²) in [5.74, 6) is -3.36. The molecule has 1 aliphatic rings. The first-order chi connectivity index (χ1) is 18.8. The Balaban J connectivity index is 1.30. The minimum Gasteiger partial charge on any atom is -0.349 e. The minimum absolute atomic E-state index is 0.0539. The summed E-state index contributed by atoms with van der Waals surface area (Å²) in [5, 5.41) is 13.1. The van der Waals surface area contributed by atoms with Crippen molar-refractivity contribution in [2.24, 2.45) is 0 Å². The number of halogens is 3. The van der Waals surface area contributed by atoms with E-state index in [9.17, 15) is 27.6 Å². The van der Waals surface area contributed by atoms with Crippen molar-refractivity contribution >= 4 is 28.0 Å². The Bertz CT molecular complexity index is 1870. The third-order valence-electron chi connectivity index (χ3n) is 7.04. The number of H-pyrrole nitrogens is 1. The van der Waals surface area contributed by atoms with Gasteiger partial charge in [0.1, 0.15) is 11.3 Å². The second-order valence-electron chi connectivity index (χ2n) is 9.44. The van der Waals surface area contributed by atoms with Crippen LogP contribution >= 0.6 is 0 Å². The van der Waals surface area contributed by atoms with E-state index in [0.717, 1.165) is 33.5 Å². The van der Waals surface area contributed by atoms with Gasteiger partial charge in [0.25, 0.3) is 11.5 Å². The second-order valence-corrected chi connectivity index (χ2v) is 9.44. The lowest BCUT2D eigenvalue weighted by Crippen LogP contribution is -2.45. The van der Waals surface area contributed by atoms with Gasteiger partial charge in [-0.2, -0.15) is 0 Å². The maximum absolute atomic E-state index is 14.1. The molecule has 3 heterocycles. The molecule has 198 valence electrons. The molecule has 13 heteroatoms. The predicted octanol–water partition coefficient (Wildman–Crippen LogP) is 3.15. The van der Waals surface area contributed by atoms with Crippen molar-refractivity contribution in [3.8, 4) is 5.69 Å². The fourth-order valence-corrected chi connectivity index (χ4v) is 5.09. The van der Waals surface area contributed by atoms with Gasteiger partial charge in [-0.25, -0.2) is 27.5 Å². The normalized spacial score (nSPS) is 17.5. The smallest absolute Gasteiger partial charge is 0.337 e. The van der Waals surface area contributed by atoms with Crippen LogP contribution in [0.4, 0.5) is 13.2 Å². The topological polar surface area (TPSA) is 128 Å². The standard InChI is InChI=1S/C26H20F3N7O3/c27-14-10-18-23(30-12-14)35(17-6-7-19(28)20(29)11-17)26(39)36(25(18)38)16-4-2-15(3-5-16)31-24(37)13-1-8-21-22(9-13)33-34-32-21/h1,6-12,15-16H,2-5H2,(H,31,37)(H,32,33,34). The van der Waals surface area contributed by atoms with Crippen molar-refractivity contribution in [2.45, 2.75) is 37.8 Å². The van der Waals surface area contributed by atoms with E-state index >= 15 is 0 Å². The molecular weight excluding hydrogens is 515 g/mol. The largest absolute Gasteiger partial charge is 0.349 e. The third-order valence-corrected chi connectivity index (χ3v) is 7.04. The van der Waals surface area contributed by atoms with Gasteiger partial charge in [0.05, 0.1) is 22.8 Å². The van der Waals surface area contributed by atoms with Crippen LogP contribution in [-0.2, 0) is 0 Å². The molecule has 1 saturated carbocycles. The maximum atomic E-state index is 14.1. The number of aromatic nitrogens is 6. The van der Waals surface area contributed by atoms with E-state index in [1.807, 2.05) is 0 Å². The SMILES string of the molecule is O=C(NC1CCC(n2c(=O)c3cc(F)cnc3n(-c3ccc(F)c(F)c3)c2=O)CC1)c1ccc2[nH]nnc2c1. The minimum atomic E-state index is -1.19. The van der Waals surface area contributed by atoms with Crippen LogP contribution in [-0.4, -0.2) is 41.5 Å². The van der Waals surface area contributed by atoms with Crippen LogP contribution in [0.25, 0.3) is 27.8 Å². The third kappa shape index (κ3) is 4.35. The summed E-state index contributed by atoms with van der Waals surface area (Å²) in [6.45, 7) is 0. The first-order valence-electron chi connectivity index (χ1n) is 12.2. The monoisotopic (exact) mass is 535 g/mol. The highest BCUT2D eigenvalue weighted by Crippen LogP contribution is 2.28. The molecular formula is C26H20F3N7O3. The average molecular weight is 535 g/mol. The van der Waals surface area contributed by atoms with Gasteiger partial charge >= 0.3 is 5.69 Å². The van der Waals surface area contributed by atoms with E-state index < -0.39 is 34.7 Å². The molecule has 0 bridgehead atoms. The number of nitrogens with one attached hydrogen (secondary N) is 2. The van der Waals surface area contributed by atoms with Gasteiger partial charge in [0.2, 0.25) is 0 Å². The summed E-state index contributed by atoms with van der Waals surface area (Å²) in [6, 6.07) is 8.06. The number of hydrogen-bond donors (Lipinski definition) is 2. The fraction of sp³-hybridized carbons (Fsp3) is 0.231. The van der Waals surface area contributed by atoms with E-state index in [1.165, 1.54) is 6.07 Å². The summed E-state index contributed by atoms with van der Waals surface area (Å²) in [7, 11) is 0. The van der Waals surface area contributed by atoms with E-state index in [0.29, 0.717) is 42.3 Å². The first-order valence-corrected chi connectivity index (χ1v) is 12.2. The second kappa shape index (κ2) is 9.49. The number of nitrogens with zero attached hydrogens (tertiary/aromatic N) is 5. The van der Waals surface area contributed by atoms with Gasteiger partial charge in [-0.05, 0) is 62.1 Å². The van der Waals surface area contributed by atoms with Gasteiger partial charge in [-0.1, -0.05) is 5.21 Å². The molecule has 0 aliphatic heterocycles. The molecule has 0 spiro atoms. The maximum Gasteiger partial charge on any atom is 0.337 e. The number of pyridine rings is 1. The molecule has 3 aromatic heterocycles. The summed E-state index contributed by atoms with van der Waals surface area (Å²) >= 11 is 0. The molecule has 1 amide bonds. The number of amides is 1. The lowest BCUT2D eigenvalue weighted by atomic mass is 9.90. The molecule has 1 aliphatic carbocycles. The number of aromatic amines is 1. The first kappa shape index (κ1) is 24.5. The molecule has 0 radical (unpaired) electrons. The van der Waals surface area contributed by atoms with Crippen LogP contribution in [0.5, 0.6) is 0 Å². The van der Waals surface area contributed by atoms with Gasteiger partial charge in [-0.15, -0.1) is 5.10 Å². The molecule has 1 fully saturated rings. The zero-order valence-corrected chi connectivity index (χ0v) is 20.2. The number of carbonyl (C=O) groups excluding carboxylic acids is 1. The zero-order valence-electron chi connectivity index (χ0n) is 20.2. The van der Waals surface area contributed by atoms with Gasteiger partial charge in [0.15, 0.2) is 17.3 Å². The number of carbonyl (C=O) groups is 1. The molecule has 5 aromatic rings. The van der Waals surface area contributed by atoms with E-state index in [1.54, 1.807) is 18.2 Å². The number of rotatable bonds is 4. The van der Waals surface area contributed by atoms with Crippen LogP contribution in [0.3, 0.4) is 0 Å². The van der Waals surface area contributed by atoms with E-state index in [-0.39, 0.29) is 28.7 Å². The van der Waals surface area contributed by atoms with Crippen molar-refractivity contribution in [1.29, 1.82) is 0 Å². The number of hydrogen-bond acceptors (Lipinski definition) is 6. The molecule has 6 rings (SSSR count). The highest BCUT2D eigenvalue weighted by atomic mass is 19.2. The van der Waals surface area contributed by atoms with Crippen LogP contribution in [0.1, 0.15) is 42.1 Å². The number of fused-ring (bicyclic) bond motifs is 2. The van der Waals surface area contributed by atoms with Crippen molar-refractivity contribution in [3.63, 3.8) is 0 Å². The predicted molar refractivity (Wildman–Crippen MR) is 134 cm³/mol. The Hall–Kier alpha value is -4.81. The molecule has 10 nitrogen and oxygen atoms in total. The molecule has 0 atom stereocenters. The Morgan fingerprint density at radius 2 is 1.77 bits per heavy atom. The summed E-state index contributed by atoms with van der Waals surface area (Å²) in [6.07, 6.45) is 2.53. The van der Waals surface area contributed by atoms with E-state index in [4.69, 9.17) is 0 Å². The Morgan fingerprint density at radius 1 is 0.974 bits per heavy atom. The van der Waals surface area contributed by atoms with Crippen LogP contribution < -0.4 is 16.6 Å². The fourth-order valence-electron chi connectivity index (χ4n) is 5.09. The Morgan fingerprint density at radius 3 is 2.54 bits per heavy atom. The molecule has 0 unspecified atom stereocenters. The van der Waals surface area contributed by atoms with E-state index in [2.05, 4.69) is 25.7 Å². The highest BCUT2D eigenvalue weighted by Gasteiger charge is 2.28. The molecule has 39 heavy (non-hydrogen) atoms. The molecule has 2 aromatic carbocycles. The lowest BCUT2D eigenvalue weighted by molar-refractivity contribution is 0.0922. The number of benzene rings is 2. The van der Waals surface area contributed by atoms with Gasteiger partial charge in [-0.3, -0.25) is 19.3 Å². The van der Waals surface area contributed by atoms with Crippen molar-refractivity contribution in [1.82, 2.24) is 34.8 Å². The summed E-state index contributed by atoms with van der Waals surface area (Å²) in [5.41, 5.74) is -0.0591. The Kier molecular flexibility index (Phi) is 5.97. The Labute approximate surface area is 217 Å². The summed E-state index contributed by atoms with van der Waals surface area (Å²) < 4.78 is 43.7. The lowest BCUT2D eigenvalue weighted by Gasteiger charge is -2.30. The average Bonchev–Trinajstić information content (AvgIpc) is 3.40. The molecule has 0 saturated heterocycles. The molecule has 2 N–H and O–H groups in total. The van der Waals surface area contributed by atoms with Crippen LogP contribution in [0.2, 0.25) is 0 Å². The van der Waals surface area contributed by atoms with Crippen molar-refractivity contribution < 1.29 is 18.0 Å². The van der Waals surface area contributed by atoms with Crippen molar-refractivity contribution in [2.75, 3.05) is 0 Å². The highest BCUT2D eigenvalue weighted by molar-refractivity contribution is 5.97.